The Hall–Kier alpha value is -4.88. The van der Waals surface area contributed by atoms with Gasteiger partial charge in [-0.3, -0.25) is 28.8 Å². The normalized spacial score (nSPS) is 18.0. The SMILES string of the molecule is CC(CNC(=O)OCC(COC(=O)CCN1CC1)(COC(=O)CCN1CC1)COC(=O)CCN1CC1)CC(C)(C)CCNC(=O)OCC(COC(=O)CCN1CC1)(COC(=O)CCN1CC1)COC(=O)CCN1CC1. The fraction of sp³-hybridized carbons (Fsp3) is 0.843. The van der Waals surface area contributed by atoms with Crippen molar-refractivity contribution < 1.29 is 76.3 Å². The molecule has 24 nitrogen and oxygen atoms in total. The average molecular weight is 1070 g/mol. The molecule has 1 atom stereocenters. The van der Waals surface area contributed by atoms with Crippen LogP contribution in [0.25, 0.3) is 0 Å². The molecule has 1 unspecified atom stereocenters. The molecule has 6 aliphatic heterocycles. The standard InChI is InChI=1S/C51H84N8O16/c1-40(31-53-48(67)75-39-51(35-71-44(63)7-15-57-24-25-57,36-72-45(64)8-16-58-26-27-58)37-73-46(65)9-17-59-28-29-59)30-49(2,3)10-11-52-47(66)74-38-50(32-68-41(60)4-12-54-18-19-54,33-69-42(61)5-13-55-20-21-55)34-70-43(62)6-14-56-22-23-56/h40H,4-39H2,1-3H3,(H,52,66)(H,53,67). The van der Waals surface area contributed by atoms with Gasteiger partial charge >= 0.3 is 48.0 Å². The first-order chi connectivity index (χ1) is 35.9. The van der Waals surface area contributed by atoms with Gasteiger partial charge in [-0.25, -0.2) is 9.59 Å². The van der Waals surface area contributed by atoms with Crippen molar-refractivity contribution in [2.24, 2.45) is 22.2 Å². The van der Waals surface area contributed by atoms with Crippen molar-refractivity contribution >= 4 is 48.0 Å². The summed E-state index contributed by atoms with van der Waals surface area (Å²) in [6.07, 6.45) is 0.508. The Morgan fingerprint density at radius 3 is 0.880 bits per heavy atom. The Labute approximate surface area is 441 Å². The molecule has 6 saturated heterocycles. The van der Waals surface area contributed by atoms with E-state index in [1.165, 1.54) is 0 Å². The predicted octanol–water partition coefficient (Wildman–Crippen LogP) is 0.348. The molecule has 2 amide bonds. The lowest BCUT2D eigenvalue weighted by Gasteiger charge is -2.32. The van der Waals surface area contributed by atoms with E-state index in [0.717, 1.165) is 78.5 Å². The second kappa shape index (κ2) is 29.6. The molecule has 0 aromatic carbocycles. The van der Waals surface area contributed by atoms with Gasteiger partial charge in [-0.15, -0.1) is 0 Å². The van der Waals surface area contributed by atoms with Crippen LogP contribution in [0.15, 0.2) is 0 Å². The number of carbonyl (C=O) groups is 8. The highest BCUT2D eigenvalue weighted by atomic mass is 16.6. The third kappa shape index (κ3) is 26.6. The molecule has 6 heterocycles. The number of amides is 2. The zero-order valence-corrected chi connectivity index (χ0v) is 44.7. The predicted molar refractivity (Wildman–Crippen MR) is 268 cm³/mol. The van der Waals surface area contributed by atoms with E-state index < -0.39 is 58.8 Å². The van der Waals surface area contributed by atoms with Gasteiger partial charge in [-0.1, -0.05) is 20.8 Å². The summed E-state index contributed by atoms with van der Waals surface area (Å²) >= 11 is 0. The van der Waals surface area contributed by atoms with Crippen molar-refractivity contribution in [3.63, 3.8) is 0 Å². The number of rotatable bonds is 41. The number of hydrogen-bond donors (Lipinski definition) is 2. The first-order valence-corrected chi connectivity index (χ1v) is 27.0. The van der Waals surface area contributed by atoms with Crippen molar-refractivity contribution in [1.29, 1.82) is 0 Å². The number of hydrogen-bond acceptors (Lipinski definition) is 22. The molecule has 0 aliphatic carbocycles. The van der Waals surface area contributed by atoms with Crippen molar-refractivity contribution in [3.8, 4) is 0 Å². The number of ether oxygens (including phenoxy) is 8. The molecule has 2 N–H and O–H groups in total. The topological polar surface area (TPSA) is 253 Å². The molecule has 6 aliphatic rings. The van der Waals surface area contributed by atoms with Gasteiger partial charge in [0.05, 0.1) is 38.5 Å². The van der Waals surface area contributed by atoms with Gasteiger partial charge in [0.15, 0.2) is 0 Å². The Balaban J connectivity index is 0.969. The molecule has 75 heavy (non-hydrogen) atoms. The van der Waals surface area contributed by atoms with Crippen LogP contribution in [-0.4, -0.2) is 261 Å². The van der Waals surface area contributed by atoms with Crippen molar-refractivity contribution in [2.45, 2.75) is 72.1 Å². The summed E-state index contributed by atoms with van der Waals surface area (Å²) in [5, 5.41) is 5.59. The minimum Gasteiger partial charge on any atom is -0.465 e. The van der Waals surface area contributed by atoms with Gasteiger partial charge in [0.1, 0.15) is 63.7 Å². The minimum absolute atomic E-state index is 0.0584. The Kier molecular flexibility index (Phi) is 23.4. The van der Waals surface area contributed by atoms with Gasteiger partial charge in [0.25, 0.3) is 0 Å². The summed E-state index contributed by atoms with van der Waals surface area (Å²) in [4.78, 5) is 116. The van der Waals surface area contributed by atoms with E-state index in [1.54, 1.807) is 0 Å². The van der Waals surface area contributed by atoms with E-state index in [2.05, 4.69) is 40.0 Å². The van der Waals surface area contributed by atoms with E-state index in [1.807, 2.05) is 20.8 Å². The van der Waals surface area contributed by atoms with Crippen LogP contribution < -0.4 is 10.6 Å². The molecular weight excluding hydrogens is 981 g/mol. The molecule has 6 fully saturated rings. The quantitative estimate of drug-likeness (QED) is 0.0476. The highest BCUT2D eigenvalue weighted by Crippen LogP contribution is 2.29. The smallest absolute Gasteiger partial charge is 0.407 e. The Morgan fingerprint density at radius 2 is 0.627 bits per heavy atom. The van der Waals surface area contributed by atoms with Gasteiger partial charge in [-0.05, 0) is 24.2 Å². The van der Waals surface area contributed by atoms with E-state index in [0.29, 0.717) is 52.1 Å². The summed E-state index contributed by atoms with van der Waals surface area (Å²) < 4.78 is 45.4. The molecule has 0 bridgehead atoms. The molecule has 6 rings (SSSR count). The second-order valence-electron chi connectivity index (χ2n) is 22.2. The summed E-state index contributed by atoms with van der Waals surface area (Å²) in [5.74, 6) is -2.92. The van der Waals surface area contributed by atoms with Crippen molar-refractivity contribution in [1.82, 2.24) is 40.0 Å². The zero-order valence-electron chi connectivity index (χ0n) is 44.7. The van der Waals surface area contributed by atoms with Crippen LogP contribution in [0.4, 0.5) is 9.59 Å². The van der Waals surface area contributed by atoms with Crippen molar-refractivity contribution in [3.05, 3.63) is 0 Å². The van der Waals surface area contributed by atoms with E-state index in [-0.39, 0.29) is 116 Å². The van der Waals surface area contributed by atoms with Crippen LogP contribution in [0.2, 0.25) is 0 Å². The Morgan fingerprint density at radius 1 is 0.387 bits per heavy atom. The fourth-order valence-corrected chi connectivity index (χ4v) is 8.01. The maximum atomic E-state index is 13.3. The number of nitrogens with zero attached hydrogens (tertiary/aromatic N) is 6. The van der Waals surface area contributed by atoms with E-state index >= 15 is 0 Å². The number of esters is 6. The summed E-state index contributed by atoms with van der Waals surface area (Å²) in [7, 11) is 0. The van der Waals surface area contributed by atoms with Crippen LogP contribution in [-0.2, 0) is 66.7 Å². The third-order valence-corrected chi connectivity index (χ3v) is 13.9. The lowest BCUT2D eigenvalue weighted by atomic mass is 9.80. The maximum absolute atomic E-state index is 13.3. The molecule has 424 valence electrons. The minimum atomic E-state index is -1.37. The number of carbonyl (C=O) groups excluding carboxylic acids is 8. The number of nitrogens with one attached hydrogen (secondary N) is 2. The fourth-order valence-electron chi connectivity index (χ4n) is 8.01. The highest BCUT2D eigenvalue weighted by molar-refractivity contribution is 5.72. The van der Waals surface area contributed by atoms with Gasteiger partial charge in [-0.2, -0.15) is 0 Å². The van der Waals surface area contributed by atoms with Gasteiger partial charge in [0.2, 0.25) is 0 Å². The summed E-state index contributed by atoms with van der Waals surface area (Å²) in [6.45, 7) is 18.1. The molecule has 0 spiro atoms. The third-order valence-electron chi connectivity index (χ3n) is 13.9. The molecule has 0 saturated carbocycles. The zero-order chi connectivity index (χ0) is 53.7. The van der Waals surface area contributed by atoms with E-state index in [9.17, 15) is 38.4 Å². The van der Waals surface area contributed by atoms with E-state index in [4.69, 9.17) is 37.9 Å². The van der Waals surface area contributed by atoms with Crippen LogP contribution in [0, 0.1) is 22.2 Å². The molecule has 24 heteroatoms. The Bertz CT molecular complexity index is 1740. The van der Waals surface area contributed by atoms with Crippen LogP contribution in [0.5, 0.6) is 0 Å². The first kappa shape index (κ1) is 59.4. The largest absolute Gasteiger partial charge is 0.465 e. The van der Waals surface area contributed by atoms with Gasteiger partial charge in [0, 0.05) is 131 Å². The molecule has 0 aromatic heterocycles. The summed E-state index contributed by atoms with van der Waals surface area (Å²) in [5.41, 5.74) is -3.08. The number of alkyl carbamates (subject to hydrolysis) is 2. The van der Waals surface area contributed by atoms with Crippen LogP contribution in [0.3, 0.4) is 0 Å². The average Bonchev–Trinajstić information content (AvgIpc) is 4.17. The van der Waals surface area contributed by atoms with Crippen LogP contribution >= 0.6 is 0 Å². The summed E-state index contributed by atoms with van der Waals surface area (Å²) in [6, 6.07) is 0. The molecule has 0 aromatic rings. The highest BCUT2D eigenvalue weighted by Gasteiger charge is 2.40. The van der Waals surface area contributed by atoms with Gasteiger partial charge < -0.3 is 77.9 Å². The monoisotopic (exact) mass is 1060 g/mol. The molecular formula is C51H84N8O16. The van der Waals surface area contributed by atoms with Crippen molar-refractivity contribution in [2.75, 3.05) is 184 Å². The lowest BCUT2D eigenvalue weighted by molar-refractivity contribution is -0.168. The maximum Gasteiger partial charge on any atom is 0.407 e. The molecule has 0 radical (unpaired) electrons. The van der Waals surface area contributed by atoms with Crippen LogP contribution in [0.1, 0.15) is 72.1 Å². The lowest BCUT2D eigenvalue weighted by Crippen LogP contribution is -2.45. The second-order valence-corrected chi connectivity index (χ2v) is 22.2. The first-order valence-electron chi connectivity index (χ1n) is 27.0.